The molecule has 3 heterocycles. The molecule has 2 aromatic carbocycles. The monoisotopic (exact) mass is 528 g/mol. The fourth-order valence-corrected chi connectivity index (χ4v) is 4.88. The second-order valence-electron chi connectivity index (χ2n) is 9.46. The number of anilines is 2. The van der Waals surface area contributed by atoms with Gasteiger partial charge in [0.1, 0.15) is 11.5 Å². The van der Waals surface area contributed by atoms with Gasteiger partial charge in [-0.1, -0.05) is 48.9 Å². The van der Waals surface area contributed by atoms with Crippen molar-refractivity contribution in [3.63, 3.8) is 0 Å². The van der Waals surface area contributed by atoms with Gasteiger partial charge in [-0.15, -0.1) is 0 Å². The molecule has 1 saturated heterocycles. The van der Waals surface area contributed by atoms with Crippen LogP contribution in [-0.4, -0.2) is 66.6 Å². The van der Waals surface area contributed by atoms with E-state index in [-0.39, 0.29) is 5.91 Å². The zero-order valence-corrected chi connectivity index (χ0v) is 22.4. The lowest BCUT2D eigenvalue weighted by atomic mass is 10.2. The number of piperazine rings is 1. The van der Waals surface area contributed by atoms with E-state index < -0.39 is 0 Å². The number of benzene rings is 2. The summed E-state index contributed by atoms with van der Waals surface area (Å²) in [6.07, 6.45) is 0. The minimum Gasteiger partial charge on any atom is -0.368 e. The maximum atomic E-state index is 12.8. The maximum absolute atomic E-state index is 12.8. The van der Waals surface area contributed by atoms with Crippen molar-refractivity contribution in [1.29, 1.82) is 0 Å². The fourth-order valence-electron chi connectivity index (χ4n) is 4.76. The lowest BCUT2D eigenvalue weighted by Crippen LogP contribution is -2.46. The third-order valence-corrected chi connectivity index (χ3v) is 7.22. The number of nitrogens with zero attached hydrogens (tertiary/aromatic N) is 5. The molecule has 1 N–H and O–H groups in total. The summed E-state index contributed by atoms with van der Waals surface area (Å²) in [6, 6.07) is 26.0. The normalized spacial score (nSPS) is 13.8. The Bertz CT molecular complexity index is 1360. The van der Waals surface area contributed by atoms with Crippen LogP contribution in [0.1, 0.15) is 23.0 Å². The average Bonchev–Trinajstić information content (AvgIpc) is 2.97. The SMILES string of the molecule is CCN(CCNC(=O)c1ccc2nc(N3CCN(c4ccc(Cl)cc4)CC3)ccc2n1)Cc1ccccc1. The van der Waals surface area contributed by atoms with Crippen molar-refractivity contribution >= 4 is 40.0 Å². The van der Waals surface area contributed by atoms with Gasteiger partial charge in [0.05, 0.1) is 11.0 Å². The van der Waals surface area contributed by atoms with E-state index in [0.717, 1.165) is 67.7 Å². The zero-order valence-electron chi connectivity index (χ0n) is 21.7. The summed E-state index contributed by atoms with van der Waals surface area (Å²) in [5.41, 5.74) is 4.38. The number of hydrogen-bond donors (Lipinski definition) is 1. The van der Waals surface area contributed by atoms with Crippen molar-refractivity contribution in [3.8, 4) is 0 Å². The van der Waals surface area contributed by atoms with E-state index >= 15 is 0 Å². The van der Waals surface area contributed by atoms with Crippen LogP contribution in [0.2, 0.25) is 5.02 Å². The first kappa shape index (κ1) is 25.9. The molecule has 196 valence electrons. The van der Waals surface area contributed by atoms with Crippen LogP contribution in [0.4, 0.5) is 11.5 Å². The number of halogens is 1. The Morgan fingerprint density at radius 1 is 0.868 bits per heavy atom. The second-order valence-corrected chi connectivity index (χ2v) is 9.90. The van der Waals surface area contributed by atoms with Crippen LogP contribution in [0.3, 0.4) is 0 Å². The molecule has 1 amide bonds. The first-order valence-electron chi connectivity index (χ1n) is 13.2. The van der Waals surface area contributed by atoms with Gasteiger partial charge >= 0.3 is 0 Å². The standard InChI is InChI=1S/C30H33ClN6O/c1-2-35(22-23-6-4-3-5-7-23)17-16-32-30(38)28-13-12-27-26(33-28)14-15-29(34-27)37-20-18-36(19-21-37)25-10-8-24(31)9-11-25/h3-15H,2,16-22H2,1H3,(H,32,38). The van der Waals surface area contributed by atoms with Crippen molar-refractivity contribution in [2.45, 2.75) is 13.5 Å². The molecule has 5 rings (SSSR count). The number of nitrogens with one attached hydrogen (secondary N) is 1. The number of carbonyl (C=O) groups is 1. The van der Waals surface area contributed by atoms with Gasteiger partial charge in [0.25, 0.3) is 5.91 Å². The summed E-state index contributed by atoms with van der Waals surface area (Å²) in [5.74, 6) is 0.774. The molecule has 0 atom stereocenters. The number of fused-ring (bicyclic) bond motifs is 1. The Balaban J connectivity index is 1.15. The highest BCUT2D eigenvalue weighted by Gasteiger charge is 2.19. The molecule has 0 unspecified atom stereocenters. The van der Waals surface area contributed by atoms with Gasteiger partial charge in [-0.25, -0.2) is 9.97 Å². The van der Waals surface area contributed by atoms with Gasteiger partial charge in [-0.2, -0.15) is 0 Å². The predicted molar refractivity (Wildman–Crippen MR) is 155 cm³/mol. The number of hydrogen-bond acceptors (Lipinski definition) is 6. The second kappa shape index (κ2) is 12.2. The van der Waals surface area contributed by atoms with Gasteiger partial charge in [-0.05, 0) is 60.6 Å². The molecule has 0 saturated carbocycles. The molecule has 0 aliphatic carbocycles. The van der Waals surface area contributed by atoms with Gasteiger partial charge in [0.2, 0.25) is 0 Å². The van der Waals surface area contributed by atoms with Crippen LogP contribution < -0.4 is 15.1 Å². The number of likely N-dealkylation sites (N-methyl/N-ethyl adjacent to an activating group) is 1. The van der Waals surface area contributed by atoms with Crippen molar-refractivity contribution < 1.29 is 4.79 Å². The third kappa shape index (κ3) is 6.41. The van der Waals surface area contributed by atoms with Gasteiger partial charge < -0.3 is 15.1 Å². The Labute approximate surface area is 229 Å². The first-order chi connectivity index (χ1) is 18.6. The summed E-state index contributed by atoms with van der Waals surface area (Å²) in [5, 5.41) is 3.77. The third-order valence-electron chi connectivity index (χ3n) is 6.97. The molecular formula is C30H33ClN6O. The summed E-state index contributed by atoms with van der Waals surface area (Å²) < 4.78 is 0. The van der Waals surface area contributed by atoms with E-state index in [1.165, 1.54) is 11.3 Å². The fraction of sp³-hybridized carbons (Fsp3) is 0.300. The van der Waals surface area contributed by atoms with E-state index in [1.807, 2.05) is 36.4 Å². The zero-order chi connectivity index (χ0) is 26.3. The van der Waals surface area contributed by atoms with Crippen LogP contribution in [-0.2, 0) is 6.54 Å². The average molecular weight is 529 g/mol. The van der Waals surface area contributed by atoms with E-state index in [0.29, 0.717) is 12.2 Å². The highest BCUT2D eigenvalue weighted by atomic mass is 35.5. The molecule has 7 nitrogen and oxygen atoms in total. The molecule has 0 bridgehead atoms. The Morgan fingerprint density at radius 3 is 2.29 bits per heavy atom. The smallest absolute Gasteiger partial charge is 0.269 e. The van der Waals surface area contributed by atoms with Gasteiger partial charge in [-0.3, -0.25) is 9.69 Å². The van der Waals surface area contributed by atoms with E-state index in [4.69, 9.17) is 16.6 Å². The maximum Gasteiger partial charge on any atom is 0.269 e. The van der Waals surface area contributed by atoms with Crippen LogP contribution in [0.5, 0.6) is 0 Å². The number of pyridine rings is 2. The van der Waals surface area contributed by atoms with Crippen LogP contribution in [0.25, 0.3) is 11.0 Å². The molecule has 38 heavy (non-hydrogen) atoms. The summed E-state index contributed by atoms with van der Waals surface area (Å²) in [6.45, 7) is 8.87. The van der Waals surface area contributed by atoms with Crippen LogP contribution in [0, 0.1) is 0 Å². The molecule has 1 fully saturated rings. The number of amides is 1. The Morgan fingerprint density at radius 2 is 1.55 bits per heavy atom. The Kier molecular flexibility index (Phi) is 8.36. The van der Waals surface area contributed by atoms with Crippen molar-refractivity contribution in [3.05, 3.63) is 95.1 Å². The largest absolute Gasteiger partial charge is 0.368 e. The minimum absolute atomic E-state index is 0.162. The molecule has 4 aromatic rings. The number of carbonyl (C=O) groups excluding carboxylic acids is 1. The van der Waals surface area contributed by atoms with Crippen molar-refractivity contribution in [2.24, 2.45) is 0 Å². The van der Waals surface area contributed by atoms with E-state index in [1.54, 1.807) is 6.07 Å². The van der Waals surface area contributed by atoms with Gasteiger partial charge in [0.15, 0.2) is 0 Å². The van der Waals surface area contributed by atoms with Gasteiger partial charge in [0, 0.05) is 56.5 Å². The first-order valence-corrected chi connectivity index (χ1v) is 13.5. The topological polar surface area (TPSA) is 64.6 Å². The molecule has 2 aromatic heterocycles. The molecule has 1 aliphatic heterocycles. The number of aromatic nitrogens is 2. The van der Waals surface area contributed by atoms with E-state index in [2.05, 4.69) is 68.3 Å². The lowest BCUT2D eigenvalue weighted by Gasteiger charge is -2.36. The summed E-state index contributed by atoms with van der Waals surface area (Å²) in [7, 11) is 0. The minimum atomic E-state index is -0.162. The quantitative estimate of drug-likeness (QED) is 0.335. The molecule has 8 heteroatoms. The summed E-state index contributed by atoms with van der Waals surface area (Å²) >= 11 is 6.03. The molecular weight excluding hydrogens is 496 g/mol. The molecule has 1 aliphatic rings. The van der Waals surface area contributed by atoms with Crippen molar-refractivity contribution in [2.75, 3.05) is 55.6 Å². The molecule has 0 spiro atoms. The molecule has 0 radical (unpaired) electrons. The van der Waals surface area contributed by atoms with Crippen LogP contribution in [0.15, 0.2) is 78.9 Å². The van der Waals surface area contributed by atoms with Crippen molar-refractivity contribution in [1.82, 2.24) is 20.2 Å². The highest BCUT2D eigenvalue weighted by molar-refractivity contribution is 6.30. The lowest BCUT2D eigenvalue weighted by molar-refractivity contribution is 0.0943. The Hall–Kier alpha value is -3.68. The summed E-state index contributed by atoms with van der Waals surface area (Å²) in [4.78, 5) is 29.1. The van der Waals surface area contributed by atoms with E-state index in [9.17, 15) is 4.79 Å². The van der Waals surface area contributed by atoms with Crippen LogP contribution >= 0.6 is 11.6 Å². The highest BCUT2D eigenvalue weighted by Crippen LogP contribution is 2.23. The predicted octanol–water partition coefficient (Wildman–Crippen LogP) is 4.86. The number of rotatable bonds is 9.